The standard InChI is InChI=1S/C49H37N5/c1-3-14-33(15-4-1)47-50-48(52-49(51-47)36-24-23-32-13-7-8-16-35(32)29-36)34-25-27-38(28-26-34)54-44-22-12-10-20-40(44)42-30-45-41(31-46(42)54)39-19-9-11-21-43(39)53(45)37-17-5-2-6-18-37/h1-14,16-31,33,47,49,51H,15H2,(H,50,52). The fourth-order valence-corrected chi connectivity index (χ4v) is 8.68. The molecule has 5 heteroatoms. The Balaban J connectivity index is 1.04. The zero-order valence-electron chi connectivity index (χ0n) is 29.6. The van der Waals surface area contributed by atoms with Crippen LogP contribution >= 0.6 is 0 Å². The minimum Gasteiger partial charge on any atom is -0.354 e. The lowest BCUT2D eigenvalue weighted by atomic mass is 9.95. The van der Waals surface area contributed by atoms with E-state index in [4.69, 9.17) is 4.99 Å². The summed E-state index contributed by atoms with van der Waals surface area (Å²) in [5.41, 5.74) is 9.32. The van der Waals surface area contributed by atoms with Crippen molar-refractivity contribution in [1.82, 2.24) is 19.8 Å². The van der Waals surface area contributed by atoms with E-state index in [-0.39, 0.29) is 12.3 Å². The number of nitrogens with zero attached hydrogens (tertiary/aromatic N) is 3. The summed E-state index contributed by atoms with van der Waals surface area (Å²) in [5, 5.41) is 15.0. The van der Waals surface area contributed by atoms with Crippen molar-refractivity contribution in [2.45, 2.75) is 18.8 Å². The van der Waals surface area contributed by atoms with E-state index in [9.17, 15) is 0 Å². The van der Waals surface area contributed by atoms with Crippen LogP contribution in [0.1, 0.15) is 23.7 Å². The van der Waals surface area contributed by atoms with E-state index >= 15 is 0 Å². The molecule has 1 aliphatic heterocycles. The van der Waals surface area contributed by atoms with Crippen LogP contribution in [0.2, 0.25) is 0 Å². The number of benzene rings is 7. The van der Waals surface area contributed by atoms with Crippen molar-refractivity contribution in [2.75, 3.05) is 0 Å². The molecule has 9 aromatic rings. The van der Waals surface area contributed by atoms with Crippen molar-refractivity contribution in [3.63, 3.8) is 0 Å². The molecule has 7 aromatic carbocycles. The molecule has 0 saturated heterocycles. The molecule has 2 aromatic heterocycles. The summed E-state index contributed by atoms with van der Waals surface area (Å²) in [6.07, 6.45) is 9.67. The highest BCUT2D eigenvalue weighted by molar-refractivity contribution is 6.19. The van der Waals surface area contributed by atoms with E-state index in [1.54, 1.807) is 0 Å². The maximum Gasteiger partial charge on any atom is 0.131 e. The van der Waals surface area contributed by atoms with Crippen LogP contribution in [0.5, 0.6) is 0 Å². The Morgan fingerprint density at radius 2 is 1.15 bits per heavy atom. The molecule has 258 valence electrons. The molecule has 3 atom stereocenters. The Hall–Kier alpha value is -6.69. The van der Waals surface area contributed by atoms with Crippen LogP contribution in [0.25, 0.3) is 65.8 Å². The van der Waals surface area contributed by atoms with Gasteiger partial charge in [0.25, 0.3) is 0 Å². The van der Waals surface area contributed by atoms with Gasteiger partial charge in [0.05, 0.1) is 28.2 Å². The number of hydrogen-bond donors (Lipinski definition) is 2. The lowest BCUT2D eigenvalue weighted by Gasteiger charge is -2.36. The Kier molecular flexibility index (Phi) is 7.13. The highest BCUT2D eigenvalue weighted by atomic mass is 15.3. The van der Waals surface area contributed by atoms with Crippen LogP contribution in [0, 0.1) is 5.92 Å². The summed E-state index contributed by atoms with van der Waals surface area (Å²) in [5.74, 6) is 1.22. The summed E-state index contributed by atoms with van der Waals surface area (Å²) in [7, 11) is 0. The maximum atomic E-state index is 5.30. The van der Waals surface area contributed by atoms with Gasteiger partial charge in [-0.2, -0.15) is 0 Å². The molecule has 3 unspecified atom stereocenters. The van der Waals surface area contributed by atoms with Gasteiger partial charge in [-0.15, -0.1) is 0 Å². The Morgan fingerprint density at radius 3 is 1.83 bits per heavy atom. The second-order valence-corrected chi connectivity index (χ2v) is 14.5. The number of aromatic nitrogens is 2. The highest BCUT2D eigenvalue weighted by Crippen LogP contribution is 2.39. The van der Waals surface area contributed by atoms with Crippen molar-refractivity contribution >= 4 is 60.2 Å². The normalized spacial score (nSPS) is 18.5. The molecule has 3 heterocycles. The molecule has 0 bridgehead atoms. The van der Waals surface area contributed by atoms with E-state index < -0.39 is 0 Å². The van der Waals surface area contributed by atoms with E-state index in [1.165, 1.54) is 54.4 Å². The van der Waals surface area contributed by atoms with E-state index in [1.807, 2.05) is 0 Å². The smallest absolute Gasteiger partial charge is 0.131 e. The van der Waals surface area contributed by atoms with Crippen molar-refractivity contribution < 1.29 is 0 Å². The molecule has 0 radical (unpaired) electrons. The number of nitrogens with one attached hydrogen (secondary N) is 2. The van der Waals surface area contributed by atoms with Gasteiger partial charge in [0.2, 0.25) is 0 Å². The zero-order chi connectivity index (χ0) is 35.6. The second kappa shape index (κ2) is 12.5. The van der Waals surface area contributed by atoms with Crippen LogP contribution in [-0.2, 0) is 0 Å². The Morgan fingerprint density at radius 1 is 0.519 bits per heavy atom. The molecule has 0 spiro atoms. The molecule has 54 heavy (non-hydrogen) atoms. The number of amidine groups is 1. The average Bonchev–Trinajstić information content (AvgIpc) is 3.75. The quantitative estimate of drug-likeness (QED) is 0.188. The molecule has 2 aliphatic rings. The summed E-state index contributed by atoms with van der Waals surface area (Å²) in [6.45, 7) is 0. The van der Waals surface area contributed by atoms with Crippen molar-refractivity contribution in [3.8, 4) is 11.4 Å². The van der Waals surface area contributed by atoms with Gasteiger partial charge in [-0.1, -0.05) is 115 Å². The van der Waals surface area contributed by atoms with Crippen LogP contribution in [0.4, 0.5) is 0 Å². The summed E-state index contributed by atoms with van der Waals surface area (Å²) >= 11 is 0. The SMILES string of the molecule is C1=CCC(C2NC(c3ccc(-n4c5ccccc5c5cc6c(cc54)c4ccccc4n6-c4ccccc4)cc3)=NC(c3ccc4ccccc4c3)N2)C=C1. The van der Waals surface area contributed by atoms with Gasteiger partial charge in [-0.05, 0) is 89.5 Å². The minimum atomic E-state index is -0.174. The minimum absolute atomic E-state index is 0.0348. The topological polar surface area (TPSA) is 46.3 Å². The molecule has 2 N–H and O–H groups in total. The number of rotatable bonds is 5. The third kappa shape index (κ3) is 5.01. The Labute approximate surface area is 313 Å². The van der Waals surface area contributed by atoms with Crippen molar-refractivity contribution in [2.24, 2.45) is 10.9 Å². The van der Waals surface area contributed by atoms with Gasteiger partial charge in [0, 0.05) is 44.4 Å². The molecule has 0 saturated carbocycles. The molecule has 0 amide bonds. The lowest BCUT2D eigenvalue weighted by Crippen LogP contribution is -2.54. The summed E-state index contributed by atoms with van der Waals surface area (Å²) in [4.78, 5) is 5.30. The lowest BCUT2D eigenvalue weighted by molar-refractivity contribution is 0.328. The van der Waals surface area contributed by atoms with Gasteiger partial charge >= 0.3 is 0 Å². The van der Waals surface area contributed by atoms with Crippen LogP contribution in [0.3, 0.4) is 0 Å². The number of allylic oxidation sites excluding steroid dienone is 3. The van der Waals surface area contributed by atoms with Gasteiger partial charge in [0.1, 0.15) is 12.0 Å². The number of hydrogen-bond acceptors (Lipinski definition) is 3. The Bertz CT molecular complexity index is 2980. The first kappa shape index (κ1) is 30.9. The molecule has 0 fully saturated rings. The first-order valence-corrected chi connectivity index (χ1v) is 18.8. The molecule has 1 aliphatic carbocycles. The van der Waals surface area contributed by atoms with E-state index in [0.29, 0.717) is 5.92 Å². The van der Waals surface area contributed by atoms with Gasteiger partial charge in [0.15, 0.2) is 0 Å². The predicted octanol–water partition coefficient (Wildman–Crippen LogP) is 11.1. The van der Waals surface area contributed by atoms with Gasteiger partial charge in [-0.25, -0.2) is 4.99 Å². The summed E-state index contributed by atoms with van der Waals surface area (Å²) in [6, 6.07) is 57.1. The molecular weight excluding hydrogens is 659 g/mol. The fraction of sp³-hybridized carbons (Fsp3) is 0.0816. The largest absolute Gasteiger partial charge is 0.354 e. The molecule has 11 rings (SSSR count). The van der Waals surface area contributed by atoms with Gasteiger partial charge in [-0.3, -0.25) is 5.32 Å². The predicted molar refractivity (Wildman–Crippen MR) is 225 cm³/mol. The van der Waals surface area contributed by atoms with Crippen LogP contribution in [0.15, 0.2) is 187 Å². The zero-order valence-corrected chi connectivity index (χ0v) is 29.6. The number of para-hydroxylation sites is 3. The van der Waals surface area contributed by atoms with Crippen molar-refractivity contribution in [1.29, 1.82) is 0 Å². The maximum absolute atomic E-state index is 5.30. The molecular formula is C49H37N5. The second-order valence-electron chi connectivity index (χ2n) is 14.5. The van der Waals surface area contributed by atoms with Crippen LogP contribution < -0.4 is 10.6 Å². The van der Waals surface area contributed by atoms with Gasteiger partial charge < -0.3 is 14.5 Å². The number of aliphatic imine (C=N–C) groups is 1. The number of fused-ring (bicyclic) bond motifs is 7. The van der Waals surface area contributed by atoms with E-state index in [2.05, 4.69) is 202 Å². The van der Waals surface area contributed by atoms with E-state index in [0.717, 1.165) is 34.8 Å². The highest BCUT2D eigenvalue weighted by Gasteiger charge is 2.29. The summed E-state index contributed by atoms with van der Waals surface area (Å²) < 4.78 is 4.82. The fourth-order valence-electron chi connectivity index (χ4n) is 8.68. The first-order chi connectivity index (χ1) is 26.8. The van der Waals surface area contributed by atoms with Crippen molar-refractivity contribution in [3.05, 3.63) is 193 Å². The average molecular weight is 696 g/mol. The first-order valence-electron chi connectivity index (χ1n) is 18.8. The third-order valence-electron chi connectivity index (χ3n) is 11.3. The van der Waals surface area contributed by atoms with Crippen LogP contribution in [-0.4, -0.2) is 21.1 Å². The monoisotopic (exact) mass is 695 g/mol. The third-order valence-corrected chi connectivity index (χ3v) is 11.3. The molecule has 5 nitrogen and oxygen atoms in total.